The van der Waals surface area contributed by atoms with E-state index in [2.05, 4.69) is 32.2 Å². The molecule has 0 amide bonds. The Morgan fingerprint density at radius 2 is 2.00 bits per heavy atom. The van der Waals surface area contributed by atoms with Crippen LogP contribution in [0.25, 0.3) is 0 Å². The van der Waals surface area contributed by atoms with Gasteiger partial charge in [0.25, 0.3) is 0 Å². The van der Waals surface area contributed by atoms with E-state index in [-0.39, 0.29) is 0 Å². The summed E-state index contributed by atoms with van der Waals surface area (Å²) >= 11 is 5.82. The molecule has 0 bridgehead atoms. The molecule has 1 unspecified atom stereocenters. The summed E-state index contributed by atoms with van der Waals surface area (Å²) in [5, 5.41) is 12.8. The number of anilines is 1. The minimum Gasteiger partial charge on any atom is -0.381 e. The van der Waals surface area contributed by atoms with Crippen LogP contribution < -0.4 is 5.32 Å². The van der Waals surface area contributed by atoms with Crippen LogP contribution in [0.4, 0.5) is 5.69 Å². The van der Waals surface area contributed by atoms with E-state index in [1.165, 1.54) is 0 Å². The second-order valence-corrected chi connectivity index (χ2v) is 4.42. The van der Waals surface area contributed by atoms with E-state index < -0.39 is 0 Å². The topological polar surface area (TPSA) is 35.8 Å². The molecule has 15 heavy (non-hydrogen) atoms. The van der Waals surface area contributed by atoms with Crippen LogP contribution >= 0.6 is 11.6 Å². The Labute approximate surface area is 95.9 Å². The SMILES string of the molecule is CC(C)C(C)Nc1ccc(Cl)cc1C#N. The van der Waals surface area contributed by atoms with Gasteiger partial charge < -0.3 is 5.32 Å². The average Bonchev–Trinajstić information content (AvgIpc) is 2.20. The van der Waals surface area contributed by atoms with Gasteiger partial charge in [0.15, 0.2) is 0 Å². The van der Waals surface area contributed by atoms with Gasteiger partial charge in [0, 0.05) is 11.1 Å². The van der Waals surface area contributed by atoms with Crippen molar-refractivity contribution >= 4 is 17.3 Å². The highest BCUT2D eigenvalue weighted by atomic mass is 35.5. The summed E-state index contributed by atoms with van der Waals surface area (Å²) in [6.45, 7) is 6.37. The van der Waals surface area contributed by atoms with Crippen LogP contribution in [0.1, 0.15) is 26.3 Å². The standard InChI is InChI=1S/C12H15ClN2/c1-8(2)9(3)15-12-5-4-11(13)6-10(12)7-14/h4-6,8-9,15H,1-3H3. The number of hydrogen-bond acceptors (Lipinski definition) is 2. The van der Waals surface area contributed by atoms with Crippen LogP contribution in [-0.2, 0) is 0 Å². The lowest BCUT2D eigenvalue weighted by molar-refractivity contribution is 0.560. The van der Waals surface area contributed by atoms with Crippen molar-refractivity contribution in [2.75, 3.05) is 5.32 Å². The molecule has 0 radical (unpaired) electrons. The highest BCUT2D eigenvalue weighted by Crippen LogP contribution is 2.21. The molecule has 1 N–H and O–H groups in total. The molecule has 0 aliphatic heterocycles. The molecule has 0 aromatic heterocycles. The third kappa shape index (κ3) is 3.14. The first kappa shape index (κ1) is 11.9. The predicted molar refractivity (Wildman–Crippen MR) is 64.1 cm³/mol. The Balaban J connectivity index is 2.91. The average molecular weight is 223 g/mol. The van der Waals surface area contributed by atoms with E-state index in [4.69, 9.17) is 16.9 Å². The van der Waals surface area contributed by atoms with Gasteiger partial charge in [-0.25, -0.2) is 0 Å². The summed E-state index contributed by atoms with van der Waals surface area (Å²) < 4.78 is 0. The van der Waals surface area contributed by atoms with E-state index in [0.717, 1.165) is 5.69 Å². The maximum absolute atomic E-state index is 8.95. The third-order valence-electron chi connectivity index (χ3n) is 2.49. The van der Waals surface area contributed by atoms with Crippen molar-refractivity contribution in [3.05, 3.63) is 28.8 Å². The molecule has 0 saturated heterocycles. The lowest BCUT2D eigenvalue weighted by Gasteiger charge is -2.19. The molecular formula is C12H15ClN2. The Morgan fingerprint density at radius 1 is 1.33 bits per heavy atom. The minimum atomic E-state index is 0.332. The lowest BCUT2D eigenvalue weighted by Crippen LogP contribution is -2.21. The smallest absolute Gasteiger partial charge is 0.101 e. The number of nitriles is 1. The van der Waals surface area contributed by atoms with E-state index in [1.54, 1.807) is 12.1 Å². The van der Waals surface area contributed by atoms with Crippen molar-refractivity contribution in [3.63, 3.8) is 0 Å². The molecule has 0 aliphatic rings. The van der Waals surface area contributed by atoms with Crippen LogP contribution in [-0.4, -0.2) is 6.04 Å². The van der Waals surface area contributed by atoms with E-state index >= 15 is 0 Å². The number of hydrogen-bond donors (Lipinski definition) is 1. The number of rotatable bonds is 3. The Bertz CT molecular complexity index is 380. The van der Waals surface area contributed by atoms with Gasteiger partial charge in [0.05, 0.1) is 11.3 Å². The summed E-state index contributed by atoms with van der Waals surface area (Å²) in [4.78, 5) is 0. The molecule has 0 heterocycles. The molecular weight excluding hydrogens is 208 g/mol. The van der Waals surface area contributed by atoms with E-state index in [1.807, 2.05) is 6.07 Å². The Kier molecular flexibility index (Phi) is 3.99. The lowest BCUT2D eigenvalue weighted by atomic mass is 10.1. The van der Waals surface area contributed by atoms with Gasteiger partial charge in [-0.2, -0.15) is 5.26 Å². The first-order chi connectivity index (χ1) is 7.04. The van der Waals surface area contributed by atoms with Gasteiger partial charge in [-0.1, -0.05) is 25.4 Å². The first-order valence-corrected chi connectivity index (χ1v) is 5.38. The fraction of sp³-hybridized carbons (Fsp3) is 0.417. The Morgan fingerprint density at radius 3 is 2.53 bits per heavy atom. The van der Waals surface area contributed by atoms with Crippen molar-refractivity contribution in [2.24, 2.45) is 5.92 Å². The van der Waals surface area contributed by atoms with E-state index in [9.17, 15) is 0 Å². The molecule has 1 aromatic carbocycles. The molecule has 2 nitrogen and oxygen atoms in total. The summed E-state index contributed by atoms with van der Waals surface area (Å²) in [5.74, 6) is 0.521. The maximum atomic E-state index is 8.95. The molecule has 1 rings (SSSR count). The van der Waals surface area contributed by atoms with Gasteiger partial charge >= 0.3 is 0 Å². The fourth-order valence-electron chi connectivity index (χ4n) is 1.15. The van der Waals surface area contributed by atoms with Gasteiger partial charge in [-0.3, -0.25) is 0 Å². The second-order valence-electron chi connectivity index (χ2n) is 3.98. The zero-order chi connectivity index (χ0) is 11.4. The highest BCUT2D eigenvalue weighted by Gasteiger charge is 2.09. The maximum Gasteiger partial charge on any atom is 0.101 e. The molecule has 1 atom stereocenters. The van der Waals surface area contributed by atoms with Crippen LogP contribution in [0.5, 0.6) is 0 Å². The van der Waals surface area contributed by atoms with Crippen LogP contribution in [0.2, 0.25) is 5.02 Å². The summed E-state index contributed by atoms with van der Waals surface area (Å²) in [7, 11) is 0. The normalized spacial score (nSPS) is 12.3. The van der Waals surface area contributed by atoms with Crippen molar-refractivity contribution in [1.29, 1.82) is 5.26 Å². The molecule has 1 aromatic rings. The Hall–Kier alpha value is -1.20. The predicted octanol–water partition coefficient (Wildman–Crippen LogP) is 3.67. The van der Waals surface area contributed by atoms with Crippen molar-refractivity contribution < 1.29 is 0 Å². The second kappa shape index (κ2) is 5.04. The number of halogens is 1. The highest BCUT2D eigenvalue weighted by molar-refractivity contribution is 6.30. The van der Waals surface area contributed by atoms with Crippen LogP contribution in [0.15, 0.2) is 18.2 Å². The van der Waals surface area contributed by atoms with Crippen molar-refractivity contribution in [1.82, 2.24) is 0 Å². The molecule has 0 saturated carbocycles. The first-order valence-electron chi connectivity index (χ1n) is 5.00. The van der Waals surface area contributed by atoms with Crippen LogP contribution in [0.3, 0.4) is 0 Å². The summed E-state index contributed by atoms with van der Waals surface area (Å²) in [6, 6.07) is 7.78. The van der Waals surface area contributed by atoms with Gasteiger partial charge in [0.2, 0.25) is 0 Å². The molecule has 80 valence electrons. The summed E-state index contributed by atoms with van der Waals surface area (Å²) in [5.41, 5.74) is 1.44. The quantitative estimate of drug-likeness (QED) is 0.847. The fourth-order valence-corrected chi connectivity index (χ4v) is 1.32. The molecule has 0 fully saturated rings. The number of benzene rings is 1. The van der Waals surface area contributed by atoms with Gasteiger partial charge in [-0.15, -0.1) is 0 Å². The van der Waals surface area contributed by atoms with Crippen molar-refractivity contribution in [2.45, 2.75) is 26.8 Å². The number of nitrogens with one attached hydrogen (secondary N) is 1. The molecule has 3 heteroatoms. The number of nitrogens with zero attached hydrogens (tertiary/aromatic N) is 1. The zero-order valence-corrected chi connectivity index (χ0v) is 9.97. The molecule has 0 spiro atoms. The van der Waals surface area contributed by atoms with Gasteiger partial charge in [-0.05, 0) is 31.0 Å². The van der Waals surface area contributed by atoms with E-state index in [0.29, 0.717) is 22.5 Å². The van der Waals surface area contributed by atoms with Gasteiger partial charge in [0.1, 0.15) is 6.07 Å². The minimum absolute atomic E-state index is 0.332. The van der Waals surface area contributed by atoms with Crippen LogP contribution in [0, 0.1) is 17.2 Å². The zero-order valence-electron chi connectivity index (χ0n) is 9.21. The monoisotopic (exact) mass is 222 g/mol. The summed E-state index contributed by atoms with van der Waals surface area (Å²) in [6.07, 6.45) is 0. The van der Waals surface area contributed by atoms with Crippen molar-refractivity contribution in [3.8, 4) is 6.07 Å². The largest absolute Gasteiger partial charge is 0.381 e. The molecule has 0 aliphatic carbocycles. The third-order valence-corrected chi connectivity index (χ3v) is 2.72.